The van der Waals surface area contributed by atoms with Crippen molar-refractivity contribution >= 4 is 35.1 Å². The molecule has 172 valence electrons. The quantitative estimate of drug-likeness (QED) is 0.365. The topological polar surface area (TPSA) is 76.6 Å². The number of aromatic nitrogens is 2. The van der Waals surface area contributed by atoms with Crippen LogP contribution in [0.15, 0.2) is 35.5 Å². The van der Waals surface area contributed by atoms with Crippen LogP contribution in [0.5, 0.6) is 0 Å². The summed E-state index contributed by atoms with van der Waals surface area (Å²) in [4.78, 5) is 23.5. The number of nitrogens with zero attached hydrogens (tertiary/aromatic N) is 3. The molecule has 2 saturated heterocycles. The van der Waals surface area contributed by atoms with E-state index in [1.165, 1.54) is 11.8 Å². The summed E-state index contributed by atoms with van der Waals surface area (Å²) in [7, 11) is 0. The highest BCUT2D eigenvalue weighted by atomic mass is 35.5. The Balaban J connectivity index is 1.34. The molecule has 0 unspecified atom stereocenters. The van der Waals surface area contributed by atoms with Gasteiger partial charge in [0.15, 0.2) is 10.9 Å². The molecule has 0 saturated carbocycles. The molecule has 1 spiro atoms. The van der Waals surface area contributed by atoms with Gasteiger partial charge in [0.2, 0.25) is 0 Å². The molecular formula is C23H29ClN4O3S. The van der Waals surface area contributed by atoms with E-state index >= 15 is 0 Å². The minimum Gasteiger partial charge on any atom is -0.356 e. The maximum absolute atomic E-state index is 12.2. The number of carbonyl (C=O) groups is 1. The molecule has 2 aliphatic heterocycles. The van der Waals surface area contributed by atoms with Gasteiger partial charge < -0.3 is 19.7 Å². The lowest BCUT2D eigenvalue weighted by Gasteiger charge is -2.38. The second-order valence-corrected chi connectivity index (χ2v) is 9.85. The summed E-state index contributed by atoms with van der Waals surface area (Å²) in [5.41, 5.74) is 1.76. The van der Waals surface area contributed by atoms with E-state index in [-0.39, 0.29) is 5.91 Å². The van der Waals surface area contributed by atoms with Gasteiger partial charge in [0.1, 0.15) is 11.0 Å². The van der Waals surface area contributed by atoms with Crippen LogP contribution >= 0.6 is 23.4 Å². The van der Waals surface area contributed by atoms with E-state index in [1.54, 1.807) is 0 Å². The zero-order chi connectivity index (χ0) is 22.6. The van der Waals surface area contributed by atoms with E-state index in [0.717, 1.165) is 37.3 Å². The van der Waals surface area contributed by atoms with Crippen molar-refractivity contribution in [1.29, 1.82) is 0 Å². The Morgan fingerprint density at radius 1 is 1.19 bits per heavy atom. The average Bonchev–Trinajstić information content (AvgIpc) is 3.24. The van der Waals surface area contributed by atoms with Crippen molar-refractivity contribution in [3.63, 3.8) is 0 Å². The highest BCUT2D eigenvalue weighted by Crippen LogP contribution is 2.33. The van der Waals surface area contributed by atoms with Gasteiger partial charge in [-0.2, -0.15) is 0 Å². The first-order valence-electron chi connectivity index (χ1n) is 11.0. The van der Waals surface area contributed by atoms with Crippen LogP contribution in [0.3, 0.4) is 0 Å². The van der Waals surface area contributed by atoms with Crippen molar-refractivity contribution in [3.8, 4) is 0 Å². The Morgan fingerprint density at radius 2 is 1.88 bits per heavy atom. The minimum absolute atomic E-state index is 0.0440. The molecule has 0 aliphatic carbocycles. The third-order valence-corrected chi connectivity index (χ3v) is 6.69. The first kappa shape index (κ1) is 23.3. The fourth-order valence-electron chi connectivity index (χ4n) is 3.77. The molecule has 1 aromatic carbocycles. The normalized spacial score (nSPS) is 17.8. The Kier molecular flexibility index (Phi) is 7.55. The van der Waals surface area contributed by atoms with Gasteiger partial charge in [0, 0.05) is 49.9 Å². The fourth-order valence-corrected chi connectivity index (χ4v) is 4.81. The van der Waals surface area contributed by atoms with Gasteiger partial charge in [-0.05, 0) is 23.6 Å². The van der Waals surface area contributed by atoms with E-state index < -0.39 is 5.79 Å². The van der Waals surface area contributed by atoms with Gasteiger partial charge >= 0.3 is 0 Å². The molecule has 0 bridgehead atoms. The lowest BCUT2D eigenvalue weighted by Crippen LogP contribution is -2.45. The third-order valence-electron chi connectivity index (χ3n) is 5.58. The van der Waals surface area contributed by atoms with Crippen LogP contribution in [-0.2, 0) is 15.2 Å². The zero-order valence-electron chi connectivity index (χ0n) is 18.5. The Hall–Kier alpha value is -1.87. The molecule has 1 N–H and O–H groups in total. The summed E-state index contributed by atoms with van der Waals surface area (Å²) >= 11 is 7.82. The van der Waals surface area contributed by atoms with Gasteiger partial charge in [-0.15, -0.1) is 0 Å². The van der Waals surface area contributed by atoms with Crippen molar-refractivity contribution < 1.29 is 14.3 Å². The number of piperidine rings is 1. The number of halogens is 1. The molecule has 2 fully saturated rings. The highest BCUT2D eigenvalue weighted by Gasteiger charge is 2.40. The third kappa shape index (κ3) is 5.92. The maximum Gasteiger partial charge on any atom is 0.251 e. The summed E-state index contributed by atoms with van der Waals surface area (Å²) in [6.45, 7) is 7.76. The molecule has 0 radical (unpaired) electrons. The van der Waals surface area contributed by atoms with Crippen LogP contribution in [0, 0.1) is 5.92 Å². The number of hydrogen-bond donors (Lipinski definition) is 1. The molecule has 1 aromatic heterocycles. The van der Waals surface area contributed by atoms with Crippen LogP contribution in [-0.4, -0.2) is 54.5 Å². The molecule has 9 heteroatoms. The van der Waals surface area contributed by atoms with Crippen LogP contribution < -0.4 is 10.2 Å². The van der Waals surface area contributed by atoms with Crippen molar-refractivity contribution in [2.45, 2.75) is 43.4 Å². The molecular weight excluding hydrogens is 448 g/mol. The number of ether oxygens (including phenoxy) is 2. The standard InChI is InChI=1S/C23H29ClN4O3S/c1-16(2)14-25-21(29)18-5-3-17(4-6-18)15-32-22-26-19(24)13-20(27-22)28-9-7-23(8-10-28)30-11-12-31-23/h3-6,13,16H,7-12,14-15H2,1-2H3,(H,25,29). The van der Waals surface area contributed by atoms with E-state index in [9.17, 15) is 4.79 Å². The summed E-state index contributed by atoms with van der Waals surface area (Å²) in [6, 6.07) is 9.45. The van der Waals surface area contributed by atoms with Crippen molar-refractivity contribution in [2.75, 3.05) is 37.7 Å². The van der Waals surface area contributed by atoms with Crippen LogP contribution in [0.4, 0.5) is 5.82 Å². The number of anilines is 1. The molecule has 2 aliphatic rings. The SMILES string of the molecule is CC(C)CNC(=O)c1ccc(CSc2nc(Cl)cc(N3CCC4(CC3)OCCO4)n2)cc1. The molecule has 0 atom stereocenters. The number of carbonyl (C=O) groups excluding carboxylic acids is 1. The average molecular weight is 477 g/mol. The monoisotopic (exact) mass is 476 g/mol. The van der Waals surface area contributed by atoms with Gasteiger partial charge in [0.25, 0.3) is 5.91 Å². The van der Waals surface area contributed by atoms with Crippen LogP contribution in [0.2, 0.25) is 5.15 Å². The van der Waals surface area contributed by atoms with E-state index in [0.29, 0.717) is 47.3 Å². The van der Waals surface area contributed by atoms with Crippen LogP contribution in [0.1, 0.15) is 42.6 Å². The number of rotatable bonds is 7. The van der Waals surface area contributed by atoms with Crippen molar-refractivity contribution in [3.05, 3.63) is 46.6 Å². The Labute approximate surface area is 198 Å². The van der Waals surface area contributed by atoms with Gasteiger partial charge in [-0.25, -0.2) is 9.97 Å². The molecule has 7 nitrogen and oxygen atoms in total. The number of benzene rings is 1. The van der Waals surface area contributed by atoms with Crippen molar-refractivity contribution in [1.82, 2.24) is 15.3 Å². The van der Waals surface area contributed by atoms with Gasteiger partial charge in [-0.3, -0.25) is 4.79 Å². The molecule has 32 heavy (non-hydrogen) atoms. The molecule has 4 rings (SSSR count). The highest BCUT2D eigenvalue weighted by molar-refractivity contribution is 7.98. The predicted octanol–water partition coefficient (Wildman–Crippen LogP) is 4.15. The number of nitrogens with one attached hydrogen (secondary N) is 1. The summed E-state index contributed by atoms with van der Waals surface area (Å²) in [6.07, 6.45) is 1.63. The largest absolute Gasteiger partial charge is 0.356 e. The van der Waals surface area contributed by atoms with E-state index in [2.05, 4.69) is 29.0 Å². The van der Waals surface area contributed by atoms with E-state index in [1.807, 2.05) is 30.3 Å². The number of hydrogen-bond acceptors (Lipinski definition) is 7. The van der Waals surface area contributed by atoms with Gasteiger partial charge in [-0.1, -0.05) is 49.3 Å². The smallest absolute Gasteiger partial charge is 0.251 e. The predicted molar refractivity (Wildman–Crippen MR) is 126 cm³/mol. The summed E-state index contributed by atoms with van der Waals surface area (Å²) in [5, 5.41) is 4.01. The van der Waals surface area contributed by atoms with Gasteiger partial charge in [0.05, 0.1) is 13.2 Å². The zero-order valence-corrected chi connectivity index (χ0v) is 20.0. The Morgan fingerprint density at radius 3 is 2.53 bits per heavy atom. The first-order chi connectivity index (χ1) is 15.4. The minimum atomic E-state index is -0.414. The second kappa shape index (κ2) is 10.4. The van der Waals surface area contributed by atoms with Crippen molar-refractivity contribution in [2.24, 2.45) is 5.92 Å². The molecule has 2 aromatic rings. The fraction of sp³-hybridized carbons (Fsp3) is 0.522. The first-order valence-corrected chi connectivity index (χ1v) is 12.4. The summed E-state index contributed by atoms with van der Waals surface area (Å²) < 4.78 is 11.6. The lowest BCUT2D eigenvalue weighted by atomic mass is 10.0. The second-order valence-electron chi connectivity index (χ2n) is 8.52. The number of thioether (sulfide) groups is 1. The molecule has 1 amide bonds. The molecule has 3 heterocycles. The van der Waals surface area contributed by atoms with Crippen LogP contribution in [0.25, 0.3) is 0 Å². The maximum atomic E-state index is 12.2. The lowest BCUT2D eigenvalue weighted by molar-refractivity contribution is -0.169. The number of amides is 1. The van der Waals surface area contributed by atoms with E-state index in [4.69, 9.17) is 26.1 Å². The summed E-state index contributed by atoms with van der Waals surface area (Å²) in [5.74, 6) is 1.49. The Bertz CT molecular complexity index is 925.